The van der Waals surface area contributed by atoms with Crippen molar-refractivity contribution in [2.75, 3.05) is 6.61 Å². The first kappa shape index (κ1) is 22.3. The predicted molar refractivity (Wildman–Crippen MR) is 124 cm³/mol. The molecule has 2 bridgehead atoms. The highest BCUT2D eigenvalue weighted by atomic mass is 16.6. The maximum Gasteiger partial charge on any atom is 0.313 e. The lowest BCUT2D eigenvalue weighted by atomic mass is 9.70. The number of benzene rings is 2. The van der Waals surface area contributed by atoms with Gasteiger partial charge in [0.05, 0.1) is 18.1 Å². The molecule has 1 spiro atoms. The minimum absolute atomic E-state index is 0.206. The number of ether oxygens (including phenoxy) is 2. The Balaban J connectivity index is 1.51. The third kappa shape index (κ3) is 3.42. The van der Waals surface area contributed by atoms with Gasteiger partial charge in [0.2, 0.25) is 11.8 Å². The molecule has 7 nitrogen and oxygen atoms in total. The number of esters is 1. The number of hydrogen-bond acceptors (Lipinski definition) is 5. The highest BCUT2D eigenvalue weighted by Gasteiger charge is 2.76. The summed E-state index contributed by atoms with van der Waals surface area (Å²) in [6.07, 6.45) is 3.62. The van der Waals surface area contributed by atoms with Crippen LogP contribution in [0, 0.1) is 11.8 Å². The molecule has 0 radical (unpaired) electrons. The molecule has 176 valence electrons. The molecule has 3 aliphatic rings. The van der Waals surface area contributed by atoms with Gasteiger partial charge in [-0.05, 0) is 25.0 Å². The molecule has 3 heterocycles. The summed E-state index contributed by atoms with van der Waals surface area (Å²) in [6.45, 7) is 4.29. The monoisotopic (exact) mass is 460 g/mol. The first-order valence-corrected chi connectivity index (χ1v) is 11.6. The molecule has 0 saturated carbocycles. The maximum atomic E-state index is 13.9. The quantitative estimate of drug-likeness (QED) is 0.507. The Hall–Kier alpha value is -3.45. The number of likely N-dealkylation sites (tertiary alicyclic amines) is 1. The van der Waals surface area contributed by atoms with E-state index in [1.807, 2.05) is 72.8 Å². The van der Waals surface area contributed by atoms with E-state index in [-0.39, 0.29) is 25.0 Å². The van der Waals surface area contributed by atoms with Gasteiger partial charge in [-0.3, -0.25) is 14.4 Å². The van der Waals surface area contributed by atoms with Crippen LogP contribution in [0.3, 0.4) is 0 Å². The van der Waals surface area contributed by atoms with E-state index < -0.39 is 35.0 Å². The van der Waals surface area contributed by atoms with Crippen LogP contribution in [-0.4, -0.2) is 46.5 Å². The molecule has 5 rings (SSSR count). The van der Waals surface area contributed by atoms with E-state index in [1.165, 1.54) is 0 Å². The topological polar surface area (TPSA) is 84.9 Å². The lowest BCUT2D eigenvalue weighted by molar-refractivity contribution is -0.157. The van der Waals surface area contributed by atoms with Crippen LogP contribution in [0.15, 0.2) is 72.8 Å². The maximum absolute atomic E-state index is 13.9. The van der Waals surface area contributed by atoms with Crippen molar-refractivity contribution in [2.45, 2.75) is 44.2 Å². The summed E-state index contributed by atoms with van der Waals surface area (Å²) in [5.41, 5.74) is -0.375. The number of hydrogen-bond donors (Lipinski definition) is 1. The van der Waals surface area contributed by atoms with E-state index in [2.05, 4.69) is 5.32 Å². The Kier molecular flexibility index (Phi) is 5.52. The summed E-state index contributed by atoms with van der Waals surface area (Å²) in [5.74, 6) is -2.68. The Morgan fingerprint density at radius 2 is 1.68 bits per heavy atom. The van der Waals surface area contributed by atoms with Crippen molar-refractivity contribution in [1.29, 1.82) is 0 Å². The van der Waals surface area contributed by atoms with Crippen LogP contribution in [0.2, 0.25) is 0 Å². The highest BCUT2D eigenvalue weighted by Crippen LogP contribution is 2.60. The normalized spacial score (nSPS) is 30.9. The number of carbonyl (C=O) groups excluding carboxylic acids is 3. The minimum atomic E-state index is -1.22. The number of nitrogens with one attached hydrogen (secondary N) is 1. The van der Waals surface area contributed by atoms with Crippen molar-refractivity contribution >= 4 is 17.8 Å². The van der Waals surface area contributed by atoms with Crippen LogP contribution < -0.4 is 5.32 Å². The summed E-state index contributed by atoms with van der Waals surface area (Å²) >= 11 is 0. The van der Waals surface area contributed by atoms with Crippen LogP contribution in [0.25, 0.3) is 0 Å². The average Bonchev–Trinajstić information content (AvgIpc) is 3.40. The van der Waals surface area contributed by atoms with Crippen LogP contribution in [0.4, 0.5) is 0 Å². The number of fused-ring (bicyclic) bond motifs is 1. The third-order valence-electron chi connectivity index (χ3n) is 7.09. The summed E-state index contributed by atoms with van der Waals surface area (Å²) in [7, 11) is 0. The van der Waals surface area contributed by atoms with Crippen LogP contribution in [0.5, 0.6) is 0 Å². The molecule has 2 aromatic carbocycles. The zero-order valence-corrected chi connectivity index (χ0v) is 19.3. The van der Waals surface area contributed by atoms with Gasteiger partial charge >= 0.3 is 5.97 Å². The Labute approximate surface area is 198 Å². The number of nitrogens with zero attached hydrogens (tertiary/aromatic N) is 1. The van der Waals surface area contributed by atoms with Crippen molar-refractivity contribution in [1.82, 2.24) is 10.2 Å². The summed E-state index contributed by atoms with van der Waals surface area (Å²) in [4.78, 5) is 42.0. The van der Waals surface area contributed by atoms with Gasteiger partial charge in [0, 0.05) is 13.1 Å². The van der Waals surface area contributed by atoms with Crippen molar-refractivity contribution in [3.63, 3.8) is 0 Å². The molecule has 1 unspecified atom stereocenters. The molecule has 7 heteroatoms. The standard InChI is InChI=1S/C27H28N2O5/c1-3-33-25(32)21-20-24(31)29(17-19-12-8-5-9-13-19)22(27(20)15-14-26(21,2)34-27)23(30)28-16-18-10-6-4-7-11-18/h4-15,20-22H,3,16-17H2,1-2H3,(H,28,30)/t20-,21+,22?,26-,27-/m0/s1. The summed E-state index contributed by atoms with van der Waals surface area (Å²) < 4.78 is 11.8. The van der Waals surface area contributed by atoms with Gasteiger partial charge in [-0.25, -0.2) is 0 Å². The van der Waals surface area contributed by atoms with E-state index >= 15 is 0 Å². The van der Waals surface area contributed by atoms with Crippen LogP contribution >= 0.6 is 0 Å². The number of rotatable bonds is 7. The molecule has 0 aliphatic carbocycles. The van der Waals surface area contributed by atoms with Gasteiger partial charge < -0.3 is 19.7 Å². The van der Waals surface area contributed by atoms with E-state index in [9.17, 15) is 14.4 Å². The second-order valence-corrected chi connectivity index (χ2v) is 9.24. The first-order valence-electron chi connectivity index (χ1n) is 11.6. The Morgan fingerprint density at radius 3 is 2.32 bits per heavy atom. The molecule has 1 N–H and O–H groups in total. The molecule has 5 atom stereocenters. The molecule has 2 saturated heterocycles. The fourth-order valence-electron chi connectivity index (χ4n) is 5.65. The van der Waals surface area contributed by atoms with Gasteiger partial charge in [-0.15, -0.1) is 0 Å². The second-order valence-electron chi connectivity index (χ2n) is 9.24. The largest absolute Gasteiger partial charge is 0.466 e. The van der Waals surface area contributed by atoms with Crippen molar-refractivity contribution in [3.05, 3.63) is 83.9 Å². The van der Waals surface area contributed by atoms with Gasteiger partial charge in [-0.1, -0.05) is 72.8 Å². The van der Waals surface area contributed by atoms with Gasteiger partial charge in [0.1, 0.15) is 17.6 Å². The number of carbonyl (C=O) groups is 3. The molecule has 2 fully saturated rings. The SMILES string of the molecule is CCOC(=O)[C@H]1[C@H]2C(=O)N(Cc3ccccc3)C(C(=O)NCc3ccccc3)[C@]23C=C[C@]1(C)O3. The van der Waals surface area contributed by atoms with Crippen LogP contribution in [-0.2, 0) is 36.9 Å². The lowest BCUT2D eigenvalue weighted by Gasteiger charge is -2.33. The van der Waals surface area contributed by atoms with Crippen molar-refractivity contribution in [3.8, 4) is 0 Å². The lowest BCUT2D eigenvalue weighted by Crippen LogP contribution is -2.54. The summed E-state index contributed by atoms with van der Waals surface area (Å²) in [5, 5.41) is 2.99. The predicted octanol–water partition coefficient (Wildman–Crippen LogP) is 2.61. The fourth-order valence-corrected chi connectivity index (χ4v) is 5.65. The highest BCUT2D eigenvalue weighted by molar-refractivity contribution is 5.99. The molecule has 2 amide bonds. The van der Waals surface area contributed by atoms with Gasteiger partial charge in [-0.2, -0.15) is 0 Å². The van der Waals surface area contributed by atoms with Crippen molar-refractivity contribution in [2.24, 2.45) is 11.8 Å². The first-order chi connectivity index (χ1) is 16.4. The second kappa shape index (κ2) is 8.40. The van der Waals surface area contributed by atoms with E-state index in [4.69, 9.17) is 9.47 Å². The smallest absolute Gasteiger partial charge is 0.313 e. The Bertz CT molecular complexity index is 1130. The zero-order chi connectivity index (χ0) is 23.9. The fraction of sp³-hybridized carbons (Fsp3) is 0.370. The van der Waals surface area contributed by atoms with E-state index in [1.54, 1.807) is 18.7 Å². The number of amides is 2. The Morgan fingerprint density at radius 1 is 1.03 bits per heavy atom. The third-order valence-corrected chi connectivity index (χ3v) is 7.09. The van der Waals surface area contributed by atoms with Gasteiger partial charge in [0.15, 0.2) is 0 Å². The molecular formula is C27H28N2O5. The van der Waals surface area contributed by atoms with Gasteiger partial charge in [0.25, 0.3) is 0 Å². The van der Waals surface area contributed by atoms with E-state index in [0.29, 0.717) is 6.54 Å². The molecule has 2 aromatic rings. The molecule has 0 aromatic heterocycles. The average molecular weight is 461 g/mol. The minimum Gasteiger partial charge on any atom is -0.466 e. The molecule has 3 aliphatic heterocycles. The zero-order valence-electron chi connectivity index (χ0n) is 19.3. The van der Waals surface area contributed by atoms with Crippen LogP contribution in [0.1, 0.15) is 25.0 Å². The molecule has 34 heavy (non-hydrogen) atoms. The van der Waals surface area contributed by atoms with E-state index in [0.717, 1.165) is 11.1 Å². The summed E-state index contributed by atoms with van der Waals surface area (Å²) in [6, 6.07) is 18.2. The van der Waals surface area contributed by atoms with Crippen molar-refractivity contribution < 1.29 is 23.9 Å². The molecular weight excluding hydrogens is 432 g/mol.